The summed E-state index contributed by atoms with van der Waals surface area (Å²) < 4.78 is 5.67. The number of carbonyl (C=O) groups excluding carboxylic acids is 1. The quantitative estimate of drug-likeness (QED) is 0.579. The average molecular weight is 262 g/mol. The molecule has 0 N–H and O–H groups in total. The van der Waals surface area contributed by atoms with E-state index in [1.807, 2.05) is 18.2 Å². The SMILES string of the molecule is O=C1C=CC(=N[Se]c2ccccc2)C=C1. The van der Waals surface area contributed by atoms with E-state index in [4.69, 9.17) is 0 Å². The van der Waals surface area contributed by atoms with Crippen LogP contribution >= 0.6 is 0 Å². The summed E-state index contributed by atoms with van der Waals surface area (Å²) in [5, 5.41) is 0. The van der Waals surface area contributed by atoms with Gasteiger partial charge in [-0.15, -0.1) is 0 Å². The van der Waals surface area contributed by atoms with Crippen LogP contribution in [0, 0.1) is 0 Å². The van der Waals surface area contributed by atoms with Crippen LogP contribution in [0.4, 0.5) is 0 Å². The number of allylic oxidation sites excluding steroid dienone is 4. The third kappa shape index (κ3) is 3.01. The van der Waals surface area contributed by atoms with E-state index < -0.39 is 0 Å². The maximum absolute atomic E-state index is 10.9. The van der Waals surface area contributed by atoms with E-state index in [1.54, 1.807) is 24.3 Å². The molecule has 1 aliphatic carbocycles. The molecule has 1 aromatic carbocycles. The fraction of sp³-hybridized carbons (Fsp3) is 0. The fourth-order valence-corrected chi connectivity index (χ4v) is 2.38. The predicted octanol–water partition coefficient (Wildman–Crippen LogP) is 1.07. The van der Waals surface area contributed by atoms with Crippen LogP contribution in [-0.2, 0) is 4.79 Å². The molecule has 0 heterocycles. The molecule has 0 saturated heterocycles. The molecule has 0 saturated carbocycles. The molecular weight excluding hydrogens is 253 g/mol. The maximum atomic E-state index is 10.9. The van der Waals surface area contributed by atoms with E-state index in [0.717, 1.165) is 5.71 Å². The first-order valence-electron chi connectivity index (χ1n) is 4.55. The molecule has 0 bridgehead atoms. The van der Waals surface area contributed by atoms with E-state index >= 15 is 0 Å². The molecular formula is C12H9NOSe. The first-order valence-corrected chi connectivity index (χ1v) is 6.17. The molecule has 0 radical (unpaired) electrons. The molecule has 0 spiro atoms. The van der Waals surface area contributed by atoms with Gasteiger partial charge in [0.1, 0.15) is 0 Å². The number of ketones is 1. The second kappa shape index (κ2) is 4.87. The molecule has 0 amide bonds. The van der Waals surface area contributed by atoms with E-state index in [9.17, 15) is 4.79 Å². The molecule has 2 nitrogen and oxygen atoms in total. The van der Waals surface area contributed by atoms with Gasteiger partial charge in [0.05, 0.1) is 0 Å². The average Bonchev–Trinajstić information content (AvgIpc) is 2.30. The second-order valence-electron chi connectivity index (χ2n) is 2.99. The number of nitrogens with zero attached hydrogens (tertiary/aromatic N) is 1. The molecule has 0 aromatic heterocycles. The van der Waals surface area contributed by atoms with Crippen LogP contribution in [0.1, 0.15) is 0 Å². The van der Waals surface area contributed by atoms with Crippen LogP contribution in [0.2, 0.25) is 0 Å². The molecule has 15 heavy (non-hydrogen) atoms. The van der Waals surface area contributed by atoms with Crippen molar-refractivity contribution in [3.63, 3.8) is 0 Å². The summed E-state index contributed by atoms with van der Waals surface area (Å²) in [6.45, 7) is 0. The van der Waals surface area contributed by atoms with Crippen molar-refractivity contribution in [2.45, 2.75) is 0 Å². The Labute approximate surface area is 94.8 Å². The summed E-state index contributed by atoms with van der Waals surface area (Å²) in [4.78, 5) is 10.9. The molecule has 1 aliphatic rings. The van der Waals surface area contributed by atoms with Crippen molar-refractivity contribution in [2.75, 3.05) is 0 Å². The van der Waals surface area contributed by atoms with Crippen LogP contribution in [0.5, 0.6) is 0 Å². The number of benzene rings is 1. The first kappa shape index (κ1) is 10.1. The van der Waals surface area contributed by atoms with Crippen molar-refractivity contribution in [3.05, 3.63) is 54.6 Å². The summed E-state index contributed by atoms with van der Waals surface area (Å²) >= 11 is 0.0889. The summed E-state index contributed by atoms with van der Waals surface area (Å²) in [7, 11) is 0. The Kier molecular flexibility index (Phi) is 3.28. The Balaban J connectivity index is 2.04. The van der Waals surface area contributed by atoms with Gasteiger partial charge in [0.15, 0.2) is 0 Å². The molecule has 74 valence electrons. The number of carbonyl (C=O) groups is 1. The Morgan fingerprint density at radius 1 is 0.933 bits per heavy atom. The summed E-state index contributed by atoms with van der Waals surface area (Å²) in [5.41, 5.74) is 0.874. The van der Waals surface area contributed by atoms with Gasteiger partial charge < -0.3 is 0 Å². The molecule has 1 aromatic rings. The summed E-state index contributed by atoms with van der Waals surface area (Å²) in [5.74, 6) is 0.0289. The zero-order valence-corrected chi connectivity index (χ0v) is 9.67. The Morgan fingerprint density at radius 2 is 1.60 bits per heavy atom. The van der Waals surface area contributed by atoms with Gasteiger partial charge in [-0.05, 0) is 0 Å². The van der Waals surface area contributed by atoms with Crippen molar-refractivity contribution in [1.29, 1.82) is 0 Å². The van der Waals surface area contributed by atoms with Gasteiger partial charge in [-0.25, -0.2) is 0 Å². The number of hydrogen-bond acceptors (Lipinski definition) is 2. The van der Waals surface area contributed by atoms with Gasteiger partial charge in [-0.3, -0.25) is 0 Å². The Bertz CT molecular complexity index is 428. The van der Waals surface area contributed by atoms with Gasteiger partial charge in [0, 0.05) is 0 Å². The zero-order valence-electron chi connectivity index (χ0n) is 7.96. The molecule has 0 aliphatic heterocycles. The second-order valence-corrected chi connectivity index (χ2v) is 4.74. The normalized spacial score (nSPS) is 14.4. The van der Waals surface area contributed by atoms with Crippen molar-refractivity contribution in [1.82, 2.24) is 0 Å². The predicted molar refractivity (Wildman–Crippen MR) is 62.6 cm³/mol. The minimum atomic E-state index is 0.0289. The van der Waals surface area contributed by atoms with Crippen LogP contribution in [0.25, 0.3) is 0 Å². The van der Waals surface area contributed by atoms with Gasteiger partial charge in [-0.1, -0.05) is 0 Å². The number of rotatable bonds is 2. The Morgan fingerprint density at radius 3 is 2.27 bits per heavy atom. The molecule has 0 unspecified atom stereocenters. The summed E-state index contributed by atoms with van der Waals surface area (Å²) in [6.07, 6.45) is 6.60. The third-order valence-electron chi connectivity index (χ3n) is 1.84. The van der Waals surface area contributed by atoms with Crippen LogP contribution in [-0.4, -0.2) is 26.7 Å². The number of hydrogen-bond donors (Lipinski definition) is 0. The van der Waals surface area contributed by atoms with Crippen molar-refractivity contribution in [2.24, 2.45) is 4.01 Å². The zero-order chi connectivity index (χ0) is 10.5. The molecule has 2 rings (SSSR count). The Hall–Kier alpha value is -1.44. The fourth-order valence-electron chi connectivity index (χ4n) is 1.09. The van der Waals surface area contributed by atoms with Gasteiger partial charge in [0.25, 0.3) is 0 Å². The van der Waals surface area contributed by atoms with E-state index in [-0.39, 0.29) is 21.0 Å². The first-order chi connectivity index (χ1) is 7.34. The molecule has 0 atom stereocenters. The molecule has 3 heteroatoms. The van der Waals surface area contributed by atoms with Gasteiger partial charge >= 0.3 is 94.6 Å². The van der Waals surface area contributed by atoms with Crippen LogP contribution < -0.4 is 4.46 Å². The van der Waals surface area contributed by atoms with Crippen molar-refractivity contribution < 1.29 is 4.79 Å². The van der Waals surface area contributed by atoms with Crippen LogP contribution in [0.3, 0.4) is 0 Å². The summed E-state index contributed by atoms with van der Waals surface area (Å²) in [6, 6.07) is 10.1. The third-order valence-corrected chi connectivity index (χ3v) is 3.48. The van der Waals surface area contributed by atoms with Crippen molar-refractivity contribution >= 4 is 31.1 Å². The topological polar surface area (TPSA) is 29.4 Å². The monoisotopic (exact) mass is 263 g/mol. The van der Waals surface area contributed by atoms with E-state index in [2.05, 4.69) is 16.1 Å². The molecule has 0 fully saturated rings. The van der Waals surface area contributed by atoms with E-state index in [0.29, 0.717) is 0 Å². The van der Waals surface area contributed by atoms with Gasteiger partial charge in [-0.2, -0.15) is 0 Å². The van der Waals surface area contributed by atoms with E-state index in [1.165, 1.54) is 4.46 Å². The van der Waals surface area contributed by atoms with Gasteiger partial charge in [0.2, 0.25) is 0 Å². The standard InChI is InChI=1S/C12H9NOSe/c14-11-8-6-10(7-9-11)13-15-12-4-2-1-3-5-12/h1-9H. The van der Waals surface area contributed by atoms with Crippen molar-refractivity contribution in [3.8, 4) is 0 Å². The van der Waals surface area contributed by atoms with Crippen LogP contribution in [0.15, 0.2) is 58.6 Å². The minimum absolute atomic E-state index is 0.0289.